The summed E-state index contributed by atoms with van der Waals surface area (Å²) in [5.74, 6) is -0.102. The van der Waals surface area contributed by atoms with Crippen LogP contribution in [-0.4, -0.2) is 70.2 Å². The third kappa shape index (κ3) is 10.1. The Bertz CT molecular complexity index is 2180. The molecule has 0 unspecified atom stereocenters. The van der Waals surface area contributed by atoms with Crippen LogP contribution in [0, 0.1) is 11.3 Å². The number of carboxylic acid groups (broad SMARTS) is 1. The molecule has 12 nitrogen and oxygen atoms in total. The first kappa shape index (κ1) is 40.4. The van der Waals surface area contributed by atoms with Crippen LogP contribution in [0.3, 0.4) is 0 Å². The first-order valence-corrected chi connectivity index (χ1v) is 18.9. The average Bonchev–Trinajstić information content (AvgIpc) is 3.61. The summed E-state index contributed by atoms with van der Waals surface area (Å²) in [6.45, 7) is 1.65. The Hall–Kier alpha value is -5.26. The molecule has 56 heavy (non-hydrogen) atoms. The van der Waals surface area contributed by atoms with Gasteiger partial charge in [-0.15, -0.1) is 0 Å². The fourth-order valence-electron chi connectivity index (χ4n) is 6.57. The lowest BCUT2D eigenvalue weighted by molar-refractivity contribution is -0.139. The summed E-state index contributed by atoms with van der Waals surface area (Å²) in [4.78, 5) is 19.8. The van der Waals surface area contributed by atoms with E-state index in [2.05, 4.69) is 21.7 Å². The molecule has 0 saturated carbocycles. The minimum absolute atomic E-state index is 0.0164. The van der Waals surface area contributed by atoms with Crippen LogP contribution in [0.1, 0.15) is 46.8 Å². The molecule has 1 aliphatic carbocycles. The van der Waals surface area contributed by atoms with Crippen molar-refractivity contribution in [3.05, 3.63) is 123 Å². The van der Waals surface area contributed by atoms with Crippen molar-refractivity contribution in [2.45, 2.75) is 44.6 Å². The number of rotatable bonds is 19. The van der Waals surface area contributed by atoms with Gasteiger partial charge >= 0.3 is 5.97 Å². The second kappa shape index (κ2) is 19.6. The Morgan fingerprint density at radius 3 is 2.61 bits per heavy atom. The third-order valence-corrected chi connectivity index (χ3v) is 9.80. The highest BCUT2D eigenvalue weighted by molar-refractivity contribution is 6.36. The molecule has 5 aromatic rings. The van der Waals surface area contributed by atoms with Gasteiger partial charge in [-0.05, 0) is 59.4 Å². The van der Waals surface area contributed by atoms with Crippen molar-refractivity contribution in [1.82, 2.24) is 20.6 Å². The molecule has 6 rings (SSSR count). The van der Waals surface area contributed by atoms with Gasteiger partial charge in [0, 0.05) is 60.8 Å². The summed E-state index contributed by atoms with van der Waals surface area (Å²) in [6, 6.07) is 25.3. The van der Waals surface area contributed by atoms with E-state index in [0.29, 0.717) is 60.0 Å². The fourth-order valence-corrected chi connectivity index (χ4v) is 7.16. The lowest BCUT2D eigenvalue weighted by Gasteiger charge is -2.20. The van der Waals surface area contributed by atoms with Gasteiger partial charge in [0.25, 0.3) is 0 Å². The van der Waals surface area contributed by atoms with Crippen molar-refractivity contribution in [3.63, 3.8) is 0 Å². The second-order valence-electron chi connectivity index (χ2n) is 13.1. The number of halogens is 2. The topological polar surface area (TPSA) is 179 Å². The first-order chi connectivity index (χ1) is 27.2. The number of nitrogens with one attached hydrogen (secondary N) is 2. The monoisotopic (exact) mass is 797 g/mol. The lowest BCUT2D eigenvalue weighted by atomic mass is 9.93. The molecular weight excluding hydrogens is 757 g/mol. The van der Waals surface area contributed by atoms with Gasteiger partial charge in [-0.25, -0.2) is 0 Å². The SMILES string of the molecule is N#Cc1cncc(COc2nc(O[C@H]3CCc4c(-c5c(OCCNCCO)ccc(-c6ccccc6)c5Cl)cccc43)c(Cl)cc2CNC[C@@H](O)CC(=O)O)c1. The van der Waals surface area contributed by atoms with E-state index in [0.717, 1.165) is 33.4 Å². The smallest absolute Gasteiger partial charge is 0.306 e. The molecule has 290 valence electrons. The van der Waals surface area contributed by atoms with Crippen LogP contribution < -0.4 is 24.8 Å². The lowest BCUT2D eigenvalue weighted by Crippen LogP contribution is -2.28. The van der Waals surface area contributed by atoms with Gasteiger partial charge in [-0.3, -0.25) is 9.78 Å². The highest BCUT2D eigenvalue weighted by Gasteiger charge is 2.30. The van der Waals surface area contributed by atoms with Crippen molar-refractivity contribution in [2.75, 3.05) is 32.8 Å². The minimum Gasteiger partial charge on any atom is -0.492 e. The number of aliphatic hydroxyl groups excluding tert-OH is 2. The van der Waals surface area contributed by atoms with Gasteiger partial charge in [-0.2, -0.15) is 10.2 Å². The largest absolute Gasteiger partial charge is 0.492 e. The zero-order valence-electron chi connectivity index (χ0n) is 30.4. The number of ether oxygens (including phenoxy) is 3. The molecule has 5 N–H and O–H groups in total. The molecule has 0 amide bonds. The number of hydrogen-bond acceptors (Lipinski definition) is 11. The molecule has 0 fully saturated rings. The summed E-state index contributed by atoms with van der Waals surface area (Å²) in [5, 5.41) is 44.6. The van der Waals surface area contributed by atoms with Crippen molar-refractivity contribution in [1.29, 1.82) is 5.26 Å². The van der Waals surface area contributed by atoms with Crippen LogP contribution >= 0.6 is 23.2 Å². The highest BCUT2D eigenvalue weighted by atomic mass is 35.5. The van der Waals surface area contributed by atoms with E-state index in [1.54, 1.807) is 18.3 Å². The first-order valence-electron chi connectivity index (χ1n) is 18.1. The van der Waals surface area contributed by atoms with Crippen LogP contribution in [-0.2, 0) is 24.4 Å². The minimum atomic E-state index is -1.11. The van der Waals surface area contributed by atoms with Crippen LogP contribution in [0.15, 0.2) is 85.2 Å². The van der Waals surface area contributed by atoms with Gasteiger partial charge in [-0.1, -0.05) is 71.7 Å². The van der Waals surface area contributed by atoms with Gasteiger partial charge in [0.2, 0.25) is 11.8 Å². The number of hydrogen-bond donors (Lipinski definition) is 5. The maximum atomic E-state index is 11.0. The van der Waals surface area contributed by atoms with Gasteiger partial charge in [0.15, 0.2) is 0 Å². The van der Waals surface area contributed by atoms with E-state index in [1.165, 1.54) is 6.20 Å². The van der Waals surface area contributed by atoms with Crippen molar-refractivity contribution in [3.8, 4) is 45.8 Å². The molecule has 0 radical (unpaired) electrons. The van der Waals surface area contributed by atoms with Crippen LogP contribution in [0.25, 0.3) is 22.3 Å². The summed E-state index contributed by atoms with van der Waals surface area (Å²) in [5.41, 5.74) is 7.16. The number of nitrogens with zero attached hydrogens (tertiary/aromatic N) is 3. The summed E-state index contributed by atoms with van der Waals surface area (Å²) < 4.78 is 19.0. The molecule has 0 saturated heterocycles. The van der Waals surface area contributed by atoms with Crippen molar-refractivity contribution < 1.29 is 34.3 Å². The maximum absolute atomic E-state index is 11.0. The summed E-state index contributed by atoms with van der Waals surface area (Å²) >= 11 is 14.1. The number of aliphatic carboxylic acids is 1. The zero-order chi connectivity index (χ0) is 39.4. The summed E-state index contributed by atoms with van der Waals surface area (Å²) in [7, 11) is 0. The Labute approximate surface area is 334 Å². The molecule has 0 aliphatic heterocycles. The number of fused-ring (bicyclic) bond motifs is 1. The number of nitriles is 1. The summed E-state index contributed by atoms with van der Waals surface area (Å²) in [6.07, 6.45) is 2.46. The molecular formula is C42H41Cl2N5O7. The van der Waals surface area contributed by atoms with E-state index in [9.17, 15) is 15.2 Å². The number of carboxylic acids is 1. The predicted octanol–water partition coefficient (Wildman–Crippen LogP) is 6.52. The van der Waals surface area contributed by atoms with Crippen LogP contribution in [0.4, 0.5) is 0 Å². The van der Waals surface area contributed by atoms with E-state index in [-0.39, 0.29) is 43.1 Å². The standard InChI is InChI=1S/C42H41Cl2N5O7/c43-35-18-29(23-48-24-30(51)19-38(52)53)41(55-25-27-17-26(20-45)21-47-22-27)49-42(35)56-36-11-10-32-33(36)7-4-8-34(32)39-37(54-16-14-46-13-15-50)12-9-31(40(39)44)28-5-2-1-3-6-28/h1-9,12,17-18,21-22,30,36,46,48,50-51H,10-11,13-16,19,23-25H2,(H,52,53)/t30-,36-/m0/s1. The van der Waals surface area contributed by atoms with E-state index < -0.39 is 24.6 Å². The van der Waals surface area contributed by atoms with Crippen LogP contribution in [0.5, 0.6) is 17.5 Å². The number of benzene rings is 3. The number of aromatic nitrogens is 2. The van der Waals surface area contributed by atoms with E-state index in [4.69, 9.17) is 52.6 Å². The molecule has 2 atom stereocenters. The van der Waals surface area contributed by atoms with Crippen LogP contribution in [0.2, 0.25) is 10.0 Å². The average molecular weight is 799 g/mol. The zero-order valence-corrected chi connectivity index (χ0v) is 31.9. The second-order valence-corrected chi connectivity index (χ2v) is 13.9. The van der Waals surface area contributed by atoms with Gasteiger partial charge in [0.05, 0.1) is 29.7 Å². The highest BCUT2D eigenvalue weighted by Crippen LogP contribution is 2.48. The Kier molecular flexibility index (Phi) is 14.1. The normalized spacial score (nSPS) is 13.8. The van der Waals surface area contributed by atoms with Gasteiger partial charge in [0.1, 0.15) is 36.2 Å². The molecule has 2 heterocycles. The Morgan fingerprint density at radius 1 is 0.982 bits per heavy atom. The van der Waals surface area contributed by atoms with E-state index in [1.807, 2.05) is 60.7 Å². The third-order valence-electron chi connectivity index (χ3n) is 9.14. The molecule has 2 aromatic heterocycles. The Morgan fingerprint density at radius 2 is 1.82 bits per heavy atom. The van der Waals surface area contributed by atoms with Gasteiger partial charge < -0.3 is 40.2 Å². The molecule has 0 spiro atoms. The fraction of sp³-hybridized carbons (Fsp3) is 0.286. The Balaban J connectivity index is 1.29. The number of pyridine rings is 2. The van der Waals surface area contributed by atoms with Crippen molar-refractivity contribution in [2.24, 2.45) is 0 Å². The number of carbonyl (C=O) groups is 1. The van der Waals surface area contributed by atoms with Crippen molar-refractivity contribution >= 4 is 29.2 Å². The molecule has 1 aliphatic rings. The maximum Gasteiger partial charge on any atom is 0.306 e. The predicted molar refractivity (Wildman–Crippen MR) is 212 cm³/mol. The quantitative estimate of drug-likeness (QED) is 0.0573. The van der Waals surface area contributed by atoms with E-state index >= 15 is 0 Å². The number of aliphatic hydroxyl groups is 2. The molecule has 14 heteroatoms. The molecule has 0 bridgehead atoms. The molecule has 3 aromatic carbocycles.